The summed E-state index contributed by atoms with van der Waals surface area (Å²) >= 11 is 0. The molecule has 3 aromatic carbocycles. The fourth-order valence-electron chi connectivity index (χ4n) is 4.52. The lowest BCUT2D eigenvalue weighted by Gasteiger charge is -2.28. The van der Waals surface area contributed by atoms with Crippen molar-refractivity contribution in [2.24, 2.45) is 0 Å². The Morgan fingerprint density at radius 2 is 1.59 bits per heavy atom. The average molecular weight is 500 g/mol. The Hall–Kier alpha value is -4.53. The second-order valence-electron chi connectivity index (χ2n) is 8.97. The lowest BCUT2D eigenvalue weighted by Crippen LogP contribution is -2.31. The van der Waals surface area contributed by atoms with Crippen LogP contribution in [0.4, 0.5) is 22.1 Å². The molecule has 1 amide bonds. The van der Waals surface area contributed by atoms with Crippen LogP contribution in [0.25, 0.3) is 10.9 Å². The lowest BCUT2D eigenvalue weighted by molar-refractivity contribution is 0.179. The van der Waals surface area contributed by atoms with Crippen LogP contribution in [-0.4, -0.2) is 42.9 Å². The topological polar surface area (TPSA) is 103 Å². The number of methoxy groups -OCH3 is 2. The molecule has 4 aromatic rings. The molecule has 1 aliphatic rings. The third-order valence-electron chi connectivity index (χ3n) is 6.45. The number of carbonyl (C=O) groups excluding carboxylic acids is 1. The monoisotopic (exact) mass is 499 g/mol. The van der Waals surface area contributed by atoms with E-state index in [1.165, 1.54) is 0 Å². The minimum Gasteiger partial charge on any atom is -0.497 e. The molecule has 1 aromatic heterocycles. The first kappa shape index (κ1) is 24.2. The molecule has 1 fully saturated rings. The van der Waals surface area contributed by atoms with Gasteiger partial charge in [-0.05, 0) is 54.4 Å². The van der Waals surface area contributed by atoms with Gasteiger partial charge in [0.15, 0.2) is 0 Å². The Morgan fingerprint density at radius 3 is 2.11 bits per heavy atom. The van der Waals surface area contributed by atoms with Crippen molar-refractivity contribution < 1.29 is 19.0 Å². The van der Waals surface area contributed by atoms with Crippen LogP contribution in [0.3, 0.4) is 0 Å². The van der Waals surface area contributed by atoms with E-state index >= 15 is 0 Å². The van der Waals surface area contributed by atoms with Gasteiger partial charge in [-0.3, -0.25) is 4.90 Å². The van der Waals surface area contributed by atoms with Crippen molar-refractivity contribution in [1.29, 1.82) is 0 Å². The van der Waals surface area contributed by atoms with Gasteiger partial charge in [-0.25, -0.2) is 14.8 Å². The van der Waals surface area contributed by atoms with E-state index in [1.807, 2.05) is 67.6 Å². The largest absolute Gasteiger partial charge is 0.497 e. The first-order valence-electron chi connectivity index (χ1n) is 12.0. The molecule has 0 bridgehead atoms. The zero-order chi connectivity index (χ0) is 25.9. The minimum atomic E-state index is -0.378. The van der Waals surface area contributed by atoms with Crippen LogP contribution in [0.15, 0.2) is 66.9 Å². The number of hydrogen-bond donors (Lipinski definition) is 1. The first-order chi connectivity index (χ1) is 17.9. The smallest absolute Gasteiger partial charge is 0.414 e. The van der Waals surface area contributed by atoms with Crippen molar-refractivity contribution in [3.05, 3.63) is 78.0 Å². The molecule has 0 saturated carbocycles. The predicted octanol–water partition coefficient (Wildman–Crippen LogP) is 4.78. The highest BCUT2D eigenvalue weighted by Gasteiger charge is 2.32. The molecule has 0 aliphatic carbocycles. The van der Waals surface area contributed by atoms with Gasteiger partial charge in [0.05, 0.1) is 37.2 Å². The molecule has 2 N–H and O–H groups in total. The van der Waals surface area contributed by atoms with Gasteiger partial charge in [-0.1, -0.05) is 24.3 Å². The maximum absolute atomic E-state index is 12.6. The molecule has 37 heavy (non-hydrogen) atoms. The zero-order valence-corrected chi connectivity index (χ0v) is 21.0. The highest BCUT2D eigenvalue weighted by molar-refractivity contribution is 5.99. The number of benzene rings is 3. The maximum Gasteiger partial charge on any atom is 0.414 e. The molecule has 9 nitrogen and oxygen atoms in total. The van der Waals surface area contributed by atoms with Gasteiger partial charge in [-0.15, -0.1) is 0 Å². The number of cyclic esters (lactones) is 1. The number of ether oxygens (including phenoxy) is 3. The van der Waals surface area contributed by atoms with Crippen molar-refractivity contribution in [3.63, 3.8) is 0 Å². The number of aromatic nitrogens is 2. The molecule has 1 unspecified atom stereocenters. The lowest BCUT2D eigenvalue weighted by atomic mass is 10.1. The summed E-state index contributed by atoms with van der Waals surface area (Å²) in [6, 6.07) is 19.7. The van der Waals surface area contributed by atoms with Gasteiger partial charge in [0.2, 0.25) is 5.95 Å². The number of hydrogen-bond acceptors (Lipinski definition) is 8. The van der Waals surface area contributed by atoms with Crippen molar-refractivity contribution in [2.45, 2.75) is 26.1 Å². The quantitative estimate of drug-likeness (QED) is 0.369. The zero-order valence-electron chi connectivity index (χ0n) is 21.0. The molecule has 2 heterocycles. The number of carbonyl (C=O) groups is 1. The molecular weight excluding hydrogens is 470 g/mol. The Labute approximate surface area is 215 Å². The van der Waals surface area contributed by atoms with Gasteiger partial charge >= 0.3 is 6.09 Å². The summed E-state index contributed by atoms with van der Waals surface area (Å²) in [5.74, 6) is 1.76. The highest BCUT2D eigenvalue weighted by Crippen LogP contribution is 2.36. The van der Waals surface area contributed by atoms with Crippen LogP contribution in [0.1, 0.15) is 18.1 Å². The third-order valence-corrected chi connectivity index (χ3v) is 6.45. The predicted molar refractivity (Wildman–Crippen MR) is 143 cm³/mol. The van der Waals surface area contributed by atoms with E-state index in [9.17, 15) is 4.79 Å². The average Bonchev–Trinajstić information content (AvgIpc) is 3.25. The van der Waals surface area contributed by atoms with Crippen molar-refractivity contribution >= 4 is 34.3 Å². The minimum absolute atomic E-state index is 0.103. The highest BCUT2D eigenvalue weighted by atomic mass is 16.6. The second kappa shape index (κ2) is 10.2. The summed E-state index contributed by atoms with van der Waals surface area (Å²) in [5, 5.41) is 0.834. The van der Waals surface area contributed by atoms with Gasteiger partial charge in [-0.2, -0.15) is 0 Å². The summed E-state index contributed by atoms with van der Waals surface area (Å²) < 4.78 is 16.0. The molecule has 0 spiro atoms. The Balaban J connectivity index is 1.62. The number of fused-ring (bicyclic) bond motifs is 1. The number of nitrogen functional groups attached to an aromatic ring is 1. The standard InChI is InChI=1S/C28H29N5O4/c1-18-17-37-28(34)33(18)21-12-25-24(14-30-27(29)31-25)26(13-21)32(15-19-4-8-22(35-2)9-5-19)16-20-6-10-23(36-3)11-7-20/h4-14,18H,15-17H2,1-3H3,(H2,29,30,31). The van der Waals surface area contributed by atoms with Gasteiger partial charge in [0.25, 0.3) is 0 Å². The summed E-state index contributed by atoms with van der Waals surface area (Å²) in [7, 11) is 3.30. The van der Waals surface area contributed by atoms with E-state index in [4.69, 9.17) is 19.9 Å². The van der Waals surface area contributed by atoms with Crippen LogP contribution in [-0.2, 0) is 17.8 Å². The number of rotatable bonds is 8. The number of nitrogens with two attached hydrogens (primary N) is 1. The van der Waals surface area contributed by atoms with E-state index < -0.39 is 0 Å². The molecule has 190 valence electrons. The number of amides is 1. The van der Waals surface area contributed by atoms with Crippen LogP contribution in [0.2, 0.25) is 0 Å². The number of nitrogens with zero attached hydrogens (tertiary/aromatic N) is 4. The Bertz CT molecular complexity index is 1360. The van der Waals surface area contributed by atoms with Crippen LogP contribution in [0, 0.1) is 0 Å². The maximum atomic E-state index is 12.6. The third kappa shape index (κ3) is 5.06. The van der Waals surface area contributed by atoms with Crippen LogP contribution in [0.5, 0.6) is 11.5 Å². The molecular formula is C28H29N5O4. The molecule has 1 aliphatic heterocycles. The first-order valence-corrected chi connectivity index (χ1v) is 12.0. The molecule has 9 heteroatoms. The second-order valence-corrected chi connectivity index (χ2v) is 8.97. The van der Waals surface area contributed by atoms with Crippen molar-refractivity contribution in [2.75, 3.05) is 36.4 Å². The molecule has 1 atom stereocenters. The van der Waals surface area contributed by atoms with Gasteiger partial charge in [0, 0.05) is 24.7 Å². The Kier molecular flexibility index (Phi) is 6.68. The number of anilines is 3. The van der Waals surface area contributed by atoms with Crippen molar-refractivity contribution in [3.8, 4) is 11.5 Å². The summed E-state index contributed by atoms with van der Waals surface area (Å²) in [6.45, 7) is 3.48. The van der Waals surface area contributed by atoms with E-state index in [0.717, 1.165) is 33.7 Å². The van der Waals surface area contributed by atoms with E-state index in [1.54, 1.807) is 25.3 Å². The summed E-state index contributed by atoms with van der Waals surface area (Å²) in [4.78, 5) is 25.2. The van der Waals surface area contributed by atoms with Crippen molar-refractivity contribution in [1.82, 2.24) is 9.97 Å². The van der Waals surface area contributed by atoms with Crippen LogP contribution < -0.4 is 25.0 Å². The fourth-order valence-corrected chi connectivity index (χ4v) is 4.52. The molecule has 5 rings (SSSR count). The van der Waals surface area contributed by atoms with Crippen LogP contribution >= 0.6 is 0 Å². The fraction of sp³-hybridized carbons (Fsp3) is 0.250. The van der Waals surface area contributed by atoms with Gasteiger partial charge in [0.1, 0.15) is 18.1 Å². The molecule has 1 saturated heterocycles. The SMILES string of the molecule is COc1ccc(CN(Cc2ccc(OC)cc2)c2cc(N3C(=O)OCC3C)cc3nc(N)ncc23)cc1. The van der Waals surface area contributed by atoms with E-state index in [-0.39, 0.29) is 18.1 Å². The summed E-state index contributed by atoms with van der Waals surface area (Å²) in [5.41, 5.74) is 10.4. The summed E-state index contributed by atoms with van der Waals surface area (Å²) in [6.07, 6.45) is 1.36. The molecule has 0 radical (unpaired) electrons. The normalized spacial score (nSPS) is 15.1. The van der Waals surface area contributed by atoms with E-state index in [2.05, 4.69) is 14.9 Å². The Morgan fingerprint density at radius 1 is 1.00 bits per heavy atom. The van der Waals surface area contributed by atoms with E-state index in [0.29, 0.717) is 30.9 Å². The van der Waals surface area contributed by atoms with Gasteiger partial charge < -0.3 is 24.8 Å².